The summed E-state index contributed by atoms with van der Waals surface area (Å²) < 4.78 is 6.57. The molecule has 0 saturated heterocycles. The van der Waals surface area contributed by atoms with Crippen LogP contribution >= 0.6 is 11.3 Å². The normalized spacial score (nSPS) is 11.8. The van der Waals surface area contributed by atoms with Gasteiger partial charge in [0, 0.05) is 16.6 Å². The molecule has 5 aromatic rings. The Balaban J connectivity index is 1.43. The minimum Gasteiger partial charge on any atom is -0.478 e. The summed E-state index contributed by atoms with van der Waals surface area (Å²) in [5.41, 5.74) is 2.35. The Hall–Kier alpha value is -4.56. The summed E-state index contributed by atoms with van der Waals surface area (Å²) in [7, 11) is 0. The van der Waals surface area contributed by atoms with E-state index in [1.807, 2.05) is 48.5 Å². The number of hydrogen-bond donors (Lipinski definition) is 2. The predicted octanol–water partition coefficient (Wildman–Crippen LogP) is 6.00. The lowest BCUT2D eigenvalue weighted by molar-refractivity contribution is -0.123. The summed E-state index contributed by atoms with van der Waals surface area (Å²) in [5.74, 6) is -2.32. The van der Waals surface area contributed by atoms with Gasteiger partial charge in [-0.1, -0.05) is 48.5 Å². The van der Waals surface area contributed by atoms with Gasteiger partial charge in [0.1, 0.15) is 5.01 Å². The molecule has 1 amide bonds. The largest absolute Gasteiger partial charge is 0.478 e. The second-order valence-electron chi connectivity index (χ2n) is 8.12. The first-order valence-electron chi connectivity index (χ1n) is 11.1. The van der Waals surface area contributed by atoms with Gasteiger partial charge in [0.2, 0.25) is 0 Å². The molecule has 4 aromatic carbocycles. The molecule has 0 radical (unpaired) electrons. The quantitative estimate of drug-likeness (QED) is 0.279. The van der Waals surface area contributed by atoms with Gasteiger partial charge in [-0.2, -0.15) is 0 Å². The molecule has 0 aliphatic heterocycles. The van der Waals surface area contributed by atoms with Gasteiger partial charge in [0.25, 0.3) is 5.91 Å². The summed E-state index contributed by atoms with van der Waals surface area (Å²) in [6.07, 6.45) is -1.11. The third-order valence-corrected chi connectivity index (χ3v) is 6.75. The number of rotatable bonds is 6. The van der Waals surface area contributed by atoms with E-state index in [4.69, 9.17) is 14.8 Å². The first-order chi connectivity index (χ1) is 17.4. The monoisotopic (exact) mass is 496 g/mol. The maximum absolute atomic E-state index is 13.2. The fourth-order valence-corrected chi connectivity index (χ4v) is 4.93. The molecule has 0 spiro atoms. The summed E-state index contributed by atoms with van der Waals surface area (Å²) in [6, 6.07) is 24.8. The summed E-state index contributed by atoms with van der Waals surface area (Å²) in [5, 5.41) is 14.1. The van der Waals surface area contributed by atoms with E-state index in [0.29, 0.717) is 16.6 Å². The van der Waals surface area contributed by atoms with Gasteiger partial charge in [0.15, 0.2) is 6.10 Å². The Morgan fingerprint density at radius 1 is 0.944 bits per heavy atom. The van der Waals surface area contributed by atoms with E-state index in [2.05, 4.69) is 5.32 Å². The number of amides is 1. The minimum atomic E-state index is -1.11. The SMILES string of the molecule is CC(OC(=O)c1cccc2cccc(-c3nc4ccccc4s3)c12)C(=O)Nc1cccc(C(=O)O)c1. The van der Waals surface area contributed by atoms with Gasteiger partial charge in [0.05, 0.1) is 21.3 Å². The predicted molar refractivity (Wildman–Crippen MR) is 139 cm³/mol. The number of ether oxygens (including phenoxy) is 1. The van der Waals surface area contributed by atoms with Gasteiger partial charge < -0.3 is 15.2 Å². The average Bonchev–Trinajstić information content (AvgIpc) is 3.32. The second kappa shape index (κ2) is 9.59. The van der Waals surface area contributed by atoms with Gasteiger partial charge in [-0.3, -0.25) is 4.79 Å². The van der Waals surface area contributed by atoms with E-state index in [1.54, 1.807) is 18.2 Å². The molecule has 36 heavy (non-hydrogen) atoms. The molecule has 0 aliphatic rings. The van der Waals surface area contributed by atoms with E-state index in [0.717, 1.165) is 26.2 Å². The summed E-state index contributed by atoms with van der Waals surface area (Å²) in [4.78, 5) is 41.8. The van der Waals surface area contributed by atoms with Crippen LogP contribution in [0.1, 0.15) is 27.6 Å². The van der Waals surface area contributed by atoms with Crippen molar-refractivity contribution < 1.29 is 24.2 Å². The fraction of sp³-hybridized carbons (Fsp3) is 0.0714. The molecule has 0 saturated carbocycles. The van der Waals surface area contributed by atoms with Gasteiger partial charge in [-0.25, -0.2) is 14.6 Å². The highest BCUT2D eigenvalue weighted by molar-refractivity contribution is 7.21. The number of thiazole rings is 1. The first kappa shape index (κ1) is 23.2. The molecule has 178 valence electrons. The van der Waals surface area contributed by atoms with Crippen molar-refractivity contribution in [1.82, 2.24) is 4.98 Å². The van der Waals surface area contributed by atoms with Crippen LogP contribution in [-0.4, -0.2) is 34.0 Å². The number of carbonyl (C=O) groups is 3. The van der Waals surface area contributed by atoms with Crippen LogP contribution < -0.4 is 5.32 Å². The zero-order valence-corrected chi connectivity index (χ0v) is 19.9. The minimum absolute atomic E-state index is 0.0376. The molecule has 8 heteroatoms. The Morgan fingerprint density at radius 3 is 2.47 bits per heavy atom. The summed E-state index contributed by atoms with van der Waals surface area (Å²) >= 11 is 1.54. The number of benzene rings is 4. The number of nitrogens with zero attached hydrogens (tertiary/aromatic N) is 1. The maximum Gasteiger partial charge on any atom is 0.339 e. The highest BCUT2D eigenvalue weighted by Gasteiger charge is 2.22. The standard InChI is InChI=1S/C28H20N2O5S/c1-16(25(31)29-19-10-4-9-18(15-19)27(32)33)35-28(34)21-12-6-8-17-7-5-11-20(24(17)21)26-30-22-13-2-3-14-23(22)36-26/h2-16H,1H3,(H,29,31)(H,32,33). The second-order valence-corrected chi connectivity index (χ2v) is 9.15. The molecular weight excluding hydrogens is 476 g/mol. The van der Waals surface area contributed by atoms with Crippen molar-refractivity contribution in [3.05, 3.63) is 96.1 Å². The number of para-hydroxylation sites is 1. The molecule has 1 heterocycles. The van der Waals surface area contributed by atoms with Gasteiger partial charge >= 0.3 is 11.9 Å². The average molecular weight is 497 g/mol. The van der Waals surface area contributed by atoms with Crippen LogP contribution in [0.5, 0.6) is 0 Å². The fourth-order valence-electron chi connectivity index (χ4n) is 3.93. The molecule has 1 atom stereocenters. The third-order valence-electron chi connectivity index (χ3n) is 5.68. The smallest absolute Gasteiger partial charge is 0.339 e. The molecule has 7 nitrogen and oxygen atoms in total. The Bertz CT molecular complexity index is 1600. The number of aromatic carboxylic acids is 1. The van der Waals surface area contributed by atoms with E-state index in [-0.39, 0.29) is 5.56 Å². The van der Waals surface area contributed by atoms with Gasteiger partial charge in [-0.15, -0.1) is 11.3 Å². The Kier molecular flexibility index (Phi) is 6.18. The molecule has 0 bridgehead atoms. The van der Waals surface area contributed by atoms with E-state index in [1.165, 1.54) is 36.5 Å². The highest BCUT2D eigenvalue weighted by Crippen LogP contribution is 2.36. The van der Waals surface area contributed by atoms with Crippen molar-refractivity contribution in [3.63, 3.8) is 0 Å². The van der Waals surface area contributed by atoms with Crippen LogP contribution in [0.25, 0.3) is 31.6 Å². The molecule has 0 aliphatic carbocycles. The van der Waals surface area contributed by atoms with Crippen LogP contribution in [-0.2, 0) is 9.53 Å². The van der Waals surface area contributed by atoms with Crippen molar-refractivity contribution in [2.75, 3.05) is 5.32 Å². The molecule has 2 N–H and O–H groups in total. The zero-order chi connectivity index (χ0) is 25.2. The number of esters is 1. The number of carboxylic acid groups (broad SMARTS) is 1. The van der Waals surface area contributed by atoms with Crippen LogP contribution in [0.4, 0.5) is 5.69 Å². The number of anilines is 1. The third kappa shape index (κ3) is 4.54. The number of carbonyl (C=O) groups excluding carboxylic acids is 2. The number of carboxylic acids is 1. The molecular formula is C28H20N2O5S. The van der Waals surface area contributed by atoms with E-state index >= 15 is 0 Å². The van der Waals surface area contributed by atoms with Crippen molar-refractivity contribution in [3.8, 4) is 10.6 Å². The molecule has 0 fully saturated rings. The van der Waals surface area contributed by atoms with Gasteiger partial charge in [-0.05, 0) is 48.7 Å². The number of nitrogens with one attached hydrogen (secondary N) is 1. The molecule has 5 rings (SSSR count). The lowest BCUT2D eigenvalue weighted by Crippen LogP contribution is -2.30. The van der Waals surface area contributed by atoms with Crippen molar-refractivity contribution in [2.24, 2.45) is 0 Å². The van der Waals surface area contributed by atoms with Crippen LogP contribution in [0.15, 0.2) is 84.9 Å². The first-order valence-corrected chi connectivity index (χ1v) is 12.0. The Labute approximate surface area is 210 Å². The number of fused-ring (bicyclic) bond motifs is 2. The molecule has 1 unspecified atom stereocenters. The Morgan fingerprint density at radius 2 is 1.69 bits per heavy atom. The van der Waals surface area contributed by atoms with Crippen molar-refractivity contribution in [2.45, 2.75) is 13.0 Å². The lowest BCUT2D eigenvalue weighted by Gasteiger charge is -2.15. The zero-order valence-electron chi connectivity index (χ0n) is 19.1. The number of aromatic nitrogens is 1. The van der Waals surface area contributed by atoms with E-state index < -0.39 is 23.9 Å². The topological polar surface area (TPSA) is 106 Å². The number of hydrogen-bond acceptors (Lipinski definition) is 6. The summed E-state index contributed by atoms with van der Waals surface area (Å²) in [6.45, 7) is 1.47. The highest BCUT2D eigenvalue weighted by atomic mass is 32.1. The van der Waals surface area contributed by atoms with Crippen molar-refractivity contribution >= 4 is 55.9 Å². The van der Waals surface area contributed by atoms with Crippen LogP contribution in [0.3, 0.4) is 0 Å². The maximum atomic E-state index is 13.2. The van der Waals surface area contributed by atoms with E-state index in [9.17, 15) is 14.4 Å². The molecule has 1 aromatic heterocycles. The van der Waals surface area contributed by atoms with Crippen LogP contribution in [0.2, 0.25) is 0 Å². The van der Waals surface area contributed by atoms with Crippen molar-refractivity contribution in [1.29, 1.82) is 0 Å². The lowest BCUT2D eigenvalue weighted by atomic mass is 9.99. The van der Waals surface area contributed by atoms with Crippen LogP contribution in [0, 0.1) is 0 Å².